The van der Waals surface area contributed by atoms with Crippen LogP contribution in [-0.4, -0.2) is 14.1 Å². The van der Waals surface area contributed by atoms with Crippen molar-refractivity contribution in [3.63, 3.8) is 0 Å². The monoisotopic (exact) mass is 189 g/mol. The second kappa shape index (κ2) is 3.33. The maximum Gasteiger partial charge on any atom is 0.0441 e. The van der Waals surface area contributed by atoms with Crippen LogP contribution in [0.15, 0.2) is 18.2 Å². The van der Waals surface area contributed by atoms with Crippen LogP contribution in [0.1, 0.15) is 0 Å². The largest absolute Gasteiger partial charge is 0.378 e. The van der Waals surface area contributed by atoms with Gasteiger partial charge in [0.25, 0.3) is 0 Å². The second-order valence-corrected chi connectivity index (χ2v) is 3.39. The van der Waals surface area contributed by atoms with Gasteiger partial charge in [-0.2, -0.15) is 0 Å². The molecular weight excluding hydrogens is 181 g/mol. The Morgan fingerprint density at radius 1 is 1.00 bits per heavy atom. The minimum atomic E-state index is 0.668. The van der Waals surface area contributed by atoms with Crippen molar-refractivity contribution in [3.05, 3.63) is 28.2 Å². The molecule has 1 rings (SSSR count). The van der Waals surface area contributed by atoms with E-state index in [4.69, 9.17) is 23.2 Å². The Bertz CT molecular complexity index is 238. The van der Waals surface area contributed by atoms with Gasteiger partial charge in [-0.1, -0.05) is 23.2 Å². The molecule has 60 valence electrons. The fourth-order valence-electron chi connectivity index (χ4n) is 0.797. The highest BCUT2D eigenvalue weighted by Gasteiger charge is 1.98. The summed E-state index contributed by atoms with van der Waals surface area (Å²) >= 11 is 11.6. The zero-order chi connectivity index (χ0) is 8.43. The number of rotatable bonds is 1. The summed E-state index contributed by atoms with van der Waals surface area (Å²) in [6.07, 6.45) is 0. The molecule has 3 heteroatoms. The van der Waals surface area contributed by atoms with E-state index in [-0.39, 0.29) is 0 Å². The van der Waals surface area contributed by atoms with Crippen molar-refractivity contribution in [2.45, 2.75) is 0 Å². The summed E-state index contributed by atoms with van der Waals surface area (Å²) in [5.74, 6) is 0. The van der Waals surface area contributed by atoms with Gasteiger partial charge in [-0.05, 0) is 18.2 Å². The Hall–Kier alpha value is -0.400. The van der Waals surface area contributed by atoms with Crippen molar-refractivity contribution >= 4 is 28.9 Å². The average Bonchev–Trinajstić information content (AvgIpc) is 1.85. The molecule has 0 saturated carbocycles. The van der Waals surface area contributed by atoms with Gasteiger partial charge in [0.05, 0.1) is 0 Å². The molecule has 0 N–H and O–H groups in total. The van der Waals surface area contributed by atoms with Crippen molar-refractivity contribution in [1.29, 1.82) is 0 Å². The smallest absolute Gasteiger partial charge is 0.0441 e. The molecule has 0 aliphatic heterocycles. The van der Waals surface area contributed by atoms with Crippen molar-refractivity contribution in [3.8, 4) is 0 Å². The van der Waals surface area contributed by atoms with Crippen LogP contribution in [0.3, 0.4) is 0 Å². The molecular formula is C8H9Cl2N. The Kier molecular flexibility index (Phi) is 2.63. The minimum absolute atomic E-state index is 0.668. The van der Waals surface area contributed by atoms with Crippen LogP contribution in [0.4, 0.5) is 5.69 Å². The fourth-order valence-corrected chi connectivity index (χ4v) is 1.31. The van der Waals surface area contributed by atoms with Gasteiger partial charge in [0.15, 0.2) is 0 Å². The average molecular weight is 190 g/mol. The quantitative estimate of drug-likeness (QED) is 0.657. The highest BCUT2D eigenvalue weighted by Crippen LogP contribution is 2.23. The Morgan fingerprint density at radius 3 is 1.82 bits per heavy atom. The summed E-state index contributed by atoms with van der Waals surface area (Å²) in [7, 11) is 3.89. The van der Waals surface area contributed by atoms with Crippen LogP contribution < -0.4 is 4.90 Å². The predicted octanol–water partition coefficient (Wildman–Crippen LogP) is 3.06. The standard InChI is InChI=1S/C8H9Cl2N/c1-11(2)8-4-6(9)3-7(10)5-8/h3-5H,1-2H3. The lowest BCUT2D eigenvalue weighted by Crippen LogP contribution is -2.08. The summed E-state index contributed by atoms with van der Waals surface area (Å²) in [6.45, 7) is 0. The summed E-state index contributed by atoms with van der Waals surface area (Å²) in [4.78, 5) is 1.96. The fraction of sp³-hybridized carbons (Fsp3) is 0.250. The summed E-state index contributed by atoms with van der Waals surface area (Å²) in [5, 5.41) is 1.34. The first kappa shape index (κ1) is 8.69. The Morgan fingerprint density at radius 2 is 1.45 bits per heavy atom. The van der Waals surface area contributed by atoms with E-state index in [1.54, 1.807) is 6.07 Å². The van der Waals surface area contributed by atoms with E-state index < -0.39 is 0 Å². The van der Waals surface area contributed by atoms with Gasteiger partial charge in [0.1, 0.15) is 0 Å². The molecule has 0 aromatic heterocycles. The molecule has 0 aliphatic carbocycles. The van der Waals surface area contributed by atoms with E-state index in [0.717, 1.165) is 5.69 Å². The second-order valence-electron chi connectivity index (χ2n) is 2.52. The molecule has 0 unspecified atom stereocenters. The van der Waals surface area contributed by atoms with Crippen molar-refractivity contribution in [2.75, 3.05) is 19.0 Å². The van der Waals surface area contributed by atoms with E-state index in [1.807, 2.05) is 31.1 Å². The molecule has 0 aliphatic rings. The normalized spacial score (nSPS) is 9.82. The maximum atomic E-state index is 5.78. The molecule has 1 aromatic carbocycles. The van der Waals surface area contributed by atoms with Gasteiger partial charge < -0.3 is 4.90 Å². The first-order valence-electron chi connectivity index (χ1n) is 3.23. The molecule has 0 spiro atoms. The molecule has 0 amide bonds. The van der Waals surface area contributed by atoms with Crippen molar-refractivity contribution in [2.24, 2.45) is 0 Å². The van der Waals surface area contributed by atoms with Gasteiger partial charge in [0, 0.05) is 29.8 Å². The van der Waals surface area contributed by atoms with Crippen LogP contribution in [-0.2, 0) is 0 Å². The number of hydrogen-bond acceptors (Lipinski definition) is 1. The number of hydrogen-bond donors (Lipinski definition) is 0. The van der Waals surface area contributed by atoms with E-state index in [0.29, 0.717) is 10.0 Å². The number of nitrogens with zero attached hydrogens (tertiary/aromatic N) is 1. The van der Waals surface area contributed by atoms with Gasteiger partial charge in [-0.25, -0.2) is 0 Å². The van der Waals surface area contributed by atoms with Crippen molar-refractivity contribution in [1.82, 2.24) is 0 Å². The molecule has 0 radical (unpaired) electrons. The van der Waals surface area contributed by atoms with Crippen molar-refractivity contribution < 1.29 is 0 Å². The van der Waals surface area contributed by atoms with Crippen LogP contribution >= 0.6 is 23.2 Å². The SMILES string of the molecule is CN(C)c1cc(Cl)cc(Cl)c1. The van der Waals surface area contributed by atoms with E-state index in [1.165, 1.54) is 0 Å². The van der Waals surface area contributed by atoms with Gasteiger partial charge >= 0.3 is 0 Å². The molecule has 0 bridgehead atoms. The number of benzene rings is 1. The molecule has 1 aromatic rings. The number of anilines is 1. The summed E-state index contributed by atoms with van der Waals surface area (Å²) in [5.41, 5.74) is 1.02. The zero-order valence-electron chi connectivity index (χ0n) is 6.44. The topological polar surface area (TPSA) is 3.24 Å². The van der Waals surface area contributed by atoms with E-state index >= 15 is 0 Å². The lowest BCUT2D eigenvalue weighted by atomic mass is 10.3. The molecule has 0 atom stereocenters. The Labute approximate surface area is 76.5 Å². The van der Waals surface area contributed by atoms with Crippen LogP contribution in [0, 0.1) is 0 Å². The zero-order valence-corrected chi connectivity index (χ0v) is 7.95. The third-order valence-electron chi connectivity index (χ3n) is 1.36. The van der Waals surface area contributed by atoms with E-state index in [9.17, 15) is 0 Å². The third kappa shape index (κ3) is 2.28. The van der Waals surface area contributed by atoms with Gasteiger partial charge in [0.2, 0.25) is 0 Å². The summed E-state index contributed by atoms with van der Waals surface area (Å²) < 4.78 is 0. The number of halogens is 2. The van der Waals surface area contributed by atoms with Crippen LogP contribution in [0.2, 0.25) is 10.0 Å². The molecule has 0 fully saturated rings. The lowest BCUT2D eigenvalue weighted by Gasteiger charge is -2.12. The highest BCUT2D eigenvalue weighted by atomic mass is 35.5. The van der Waals surface area contributed by atoms with Crippen LogP contribution in [0.25, 0.3) is 0 Å². The maximum absolute atomic E-state index is 5.78. The third-order valence-corrected chi connectivity index (χ3v) is 1.80. The molecule has 11 heavy (non-hydrogen) atoms. The molecule has 0 heterocycles. The van der Waals surface area contributed by atoms with Gasteiger partial charge in [-0.3, -0.25) is 0 Å². The Balaban J connectivity index is 3.08. The van der Waals surface area contributed by atoms with Gasteiger partial charge in [-0.15, -0.1) is 0 Å². The first-order chi connectivity index (χ1) is 5.09. The summed E-state index contributed by atoms with van der Waals surface area (Å²) in [6, 6.07) is 5.46. The lowest BCUT2D eigenvalue weighted by molar-refractivity contribution is 1.13. The molecule has 0 saturated heterocycles. The first-order valence-corrected chi connectivity index (χ1v) is 3.98. The minimum Gasteiger partial charge on any atom is -0.378 e. The van der Waals surface area contributed by atoms with E-state index in [2.05, 4.69) is 0 Å². The highest BCUT2D eigenvalue weighted by molar-refractivity contribution is 6.35. The molecule has 1 nitrogen and oxygen atoms in total. The van der Waals surface area contributed by atoms with Crippen LogP contribution in [0.5, 0.6) is 0 Å². The predicted molar refractivity (Wildman–Crippen MR) is 50.8 cm³/mol.